The molecule has 1 aliphatic heterocycles. The molecule has 2 heterocycles. The highest BCUT2D eigenvalue weighted by Crippen LogP contribution is 2.45. The number of nitrogens with zero attached hydrogens (tertiary/aromatic N) is 2. The zero-order valence-electron chi connectivity index (χ0n) is 15.1. The largest absolute Gasteiger partial charge is 0.370 e. The van der Waals surface area contributed by atoms with Crippen LogP contribution in [0.5, 0.6) is 0 Å². The maximum Gasteiger partial charge on any atom is 0.229 e. The van der Waals surface area contributed by atoms with Gasteiger partial charge in [0.15, 0.2) is 9.84 Å². The topological polar surface area (TPSA) is 82.3 Å². The van der Waals surface area contributed by atoms with Gasteiger partial charge in [-0.25, -0.2) is 8.42 Å². The molecule has 26 heavy (non-hydrogen) atoms. The van der Waals surface area contributed by atoms with Crippen molar-refractivity contribution in [1.82, 2.24) is 10.1 Å². The Bertz CT molecular complexity index is 904. The molecule has 1 saturated carbocycles. The Labute approximate surface area is 153 Å². The molecule has 2 atom stereocenters. The fraction of sp³-hybridized carbons (Fsp3) is 0.579. The van der Waals surface area contributed by atoms with Crippen molar-refractivity contribution in [3.05, 3.63) is 41.5 Å². The molecular formula is C19H24N2O4S. The highest BCUT2D eigenvalue weighted by atomic mass is 32.2. The molecule has 4 rings (SSSR count). The van der Waals surface area contributed by atoms with Crippen LogP contribution in [-0.4, -0.2) is 29.9 Å². The van der Waals surface area contributed by atoms with Crippen LogP contribution in [0, 0.1) is 6.92 Å². The maximum atomic E-state index is 13.5. The molecule has 2 fully saturated rings. The van der Waals surface area contributed by atoms with Crippen LogP contribution in [0.15, 0.2) is 33.7 Å². The molecule has 1 aromatic carbocycles. The average Bonchev–Trinajstić information content (AvgIpc) is 3.38. The number of sulfone groups is 1. The van der Waals surface area contributed by atoms with Gasteiger partial charge in [0.25, 0.3) is 0 Å². The second-order valence-corrected chi connectivity index (χ2v) is 9.78. The molecule has 2 aromatic rings. The minimum Gasteiger partial charge on any atom is -0.370 e. The van der Waals surface area contributed by atoms with E-state index in [4.69, 9.17) is 9.26 Å². The highest BCUT2D eigenvalue weighted by molar-refractivity contribution is 7.92. The zero-order chi connectivity index (χ0) is 18.4. The number of hydrogen-bond acceptors (Lipinski definition) is 6. The third kappa shape index (κ3) is 2.97. The molecular weight excluding hydrogens is 352 g/mol. The second kappa shape index (κ2) is 6.46. The summed E-state index contributed by atoms with van der Waals surface area (Å²) in [7, 11) is -3.50. The van der Waals surface area contributed by atoms with Gasteiger partial charge in [0, 0.05) is 18.9 Å². The first-order valence-corrected chi connectivity index (χ1v) is 10.7. The van der Waals surface area contributed by atoms with Gasteiger partial charge < -0.3 is 9.26 Å². The first-order chi connectivity index (χ1) is 12.4. The van der Waals surface area contributed by atoms with E-state index >= 15 is 0 Å². The third-order valence-corrected chi connectivity index (χ3v) is 8.29. The Kier molecular flexibility index (Phi) is 4.39. The Morgan fingerprint density at radius 3 is 2.81 bits per heavy atom. The minimum atomic E-state index is -3.50. The first-order valence-electron chi connectivity index (χ1n) is 9.21. The van der Waals surface area contributed by atoms with Gasteiger partial charge in [-0.15, -0.1) is 0 Å². The SMILES string of the molecule is CCC1(S(=O)(=O)c2cccc(C)c2)CCOC(c2noc(C3CC3)n2)C1. The Morgan fingerprint density at radius 2 is 2.12 bits per heavy atom. The van der Waals surface area contributed by atoms with E-state index in [1.807, 2.05) is 19.9 Å². The van der Waals surface area contributed by atoms with Crippen LogP contribution < -0.4 is 0 Å². The molecule has 0 bridgehead atoms. The van der Waals surface area contributed by atoms with E-state index in [1.54, 1.807) is 18.2 Å². The summed E-state index contributed by atoms with van der Waals surface area (Å²) in [4.78, 5) is 4.85. The number of benzene rings is 1. The van der Waals surface area contributed by atoms with E-state index < -0.39 is 20.7 Å². The van der Waals surface area contributed by atoms with Crippen LogP contribution in [0.1, 0.15) is 68.3 Å². The van der Waals surface area contributed by atoms with E-state index in [0.717, 1.165) is 18.4 Å². The lowest BCUT2D eigenvalue weighted by Gasteiger charge is -2.38. The van der Waals surface area contributed by atoms with Crippen molar-refractivity contribution in [2.24, 2.45) is 0 Å². The van der Waals surface area contributed by atoms with Crippen LogP contribution in [0.3, 0.4) is 0 Å². The van der Waals surface area contributed by atoms with Crippen LogP contribution in [0.4, 0.5) is 0 Å². The molecule has 140 valence electrons. The summed E-state index contributed by atoms with van der Waals surface area (Å²) in [5.74, 6) is 1.49. The number of aromatic nitrogens is 2. The molecule has 0 radical (unpaired) electrons. The van der Waals surface area contributed by atoms with E-state index in [1.165, 1.54) is 0 Å². The van der Waals surface area contributed by atoms with Crippen molar-refractivity contribution in [1.29, 1.82) is 0 Å². The molecule has 6 nitrogen and oxygen atoms in total. The summed E-state index contributed by atoms with van der Waals surface area (Å²) in [5, 5.41) is 4.06. The second-order valence-electron chi connectivity index (χ2n) is 7.44. The van der Waals surface area contributed by atoms with E-state index in [-0.39, 0.29) is 0 Å². The van der Waals surface area contributed by atoms with Gasteiger partial charge in [-0.3, -0.25) is 0 Å². The predicted molar refractivity (Wildman–Crippen MR) is 95.6 cm³/mol. The number of rotatable bonds is 5. The van der Waals surface area contributed by atoms with Gasteiger partial charge in [-0.1, -0.05) is 24.2 Å². The van der Waals surface area contributed by atoms with E-state index in [9.17, 15) is 8.42 Å². The van der Waals surface area contributed by atoms with Gasteiger partial charge >= 0.3 is 0 Å². The summed E-state index contributed by atoms with van der Waals surface area (Å²) >= 11 is 0. The van der Waals surface area contributed by atoms with Crippen LogP contribution in [-0.2, 0) is 14.6 Å². The van der Waals surface area contributed by atoms with Gasteiger partial charge in [0.05, 0.1) is 9.64 Å². The molecule has 1 aliphatic carbocycles. The van der Waals surface area contributed by atoms with Gasteiger partial charge in [0.1, 0.15) is 6.10 Å². The summed E-state index contributed by atoms with van der Waals surface area (Å²) in [5.41, 5.74) is 0.938. The third-order valence-electron chi connectivity index (χ3n) is 5.62. The molecule has 0 N–H and O–H groups in total. The summed E-state index contributed by atoms with van der Waals surface area (Å²) in [6.45, 7) is 4.21. The standard InChI is InChI=1S/C19H24N2O4S/c1-3-19(26(22,23)15-6-4-5-13(2)11-15)9-10-24-16(12-19)17-20-18(25-21-17)14-7-8-14/h4-6,11,14,16H,3,7-10,12H2,1-2H3. The Hall–Kier alpha value is -1.73. The molecule has 1 aromatic heterocycles. The van der Waals surface area contributed by atoms with Crippen molar-refractivity contribution in [2.45, 2.75) is 67.6 Å². The van der Waals surface area contributed by atoms with Crippen molar-refractivity contribution in [3.8, 4) is 0 Å². The molecule has 0 amide bonds. The molecule has 1 saturated heterocycles. The highest BCUT2D eigenvalue weighted by Gasteiger charge is 2.48. The maximum absolute atomic E-state index is 13.5. The number of hydrogen-bond donors (Lipinski definition) is 0. The van der Waals surface area contributed by atoms with Gasteiger partial charge in [-0.05, 0) is 50.3 Å². The first kappa shape index (κ1) is 17.7. The lowest BCUT2D eigenvalue weighted by atomic mass is 9.91. The fourth-order valence-electron chi connectivity index (χ4n) is 3.71. The van der Waals surface area contributed by atoms with E-state index in [2.05, 4.69) is 10.1 Å². The molecule has 2 unspecified atom stereocenters. The van der Waals surface area contributed by atoms with Crippen LogP contribution in [0.25, 0.3) is 0 Å². The monoisotopic (exact) mass is 376 g/mol. The Balaban J connectivity index is 1.65. The zero-order valence-corrected chi connectivity index (χ0v) is 16.0. The van der Waals surface area contributed by atoms with E-state index in [0.29, 0.717) is 48.4 Å². The molecule has 2 aliphatic rings. The lowest BCUT2D eigenvalue weighted by Crippen LogP contribution is -2.44. The van der Waals surface area contributed by atoms with Gasteiger partial charge in [0.2, 0.25) is 11.7 Å². The number of ether oxygens (including phenoxy) is 1. The number of aryl methyl sites for hydroxylation is 1. The van der Waals surface area contributed by atoms with Crippen molar-refractivity contribution >= 4 is 9.84 Å². The fourth-order valence-corrected chi connectivity index (χ4v) is 5.92. The van der Waals surface area contributed by atoms with Crippen LogP contribution in [0.2, 0.25) is 0 Å². The summed E-state index contributed by atoms with van der Waals surface area (Å²) in [6, 6.07) is 7.13. The quantitative estimate of drug-likeness (QED) is 0.791. The molecule has 7 heteroatoms. The lowest BCUT2D eigenvalue weighted by molar-refractivity contribution is -0.00987. The van der Waals surface area contributed by atoms with Crippen molar-refractivity contribution < 1.29 is 17.7 Å². The smallest absolute Gasteiger partial charge is 0.229 e. The Morgan fingerprint density at radius 1 is 1.31 bits per heavy atom. The predicted octanol–water partition coefficient (Wildman–Crippen LogP) is 3.73. The van der Waals surface area contributed by atoms with Gasteiger partial charge in [-0.2, -0.15) is 4.98 Å². The normalized spacial score (nSPS) is 26.8. The van der Waals surface area contributed by atoms with Crippen molar-refractivity contribution in [2.75, 3.05) is 6.61 Å². The average molecular weight is 376 g/mol. The minimum absolute atomic E-state index is 0.351. The van der Waals surface area contributed by atoms with Crippen molar-refractivity contribution in [3.63, 3.8) is 0 Å². The summed E-state index contributed by atoms with van der Waals surface area (Å²) in [6.07, 6.45) is 3.06. The molecule has 0 spiro atoms. The van der Waals surface area contributed by atoms with Crippen LogP contribution >= 0.6 is 0 Å². The summed E-state index contributed by atoms with van der Waals surface area (Å²) < 4.78 is 37.3.